The molecule has 1 aromatic carbocycles. The van der Waals surface area contributed by atoms with E-state index in [1.807, 2.05) is 0 Å². The summed E-state index contributed by atoms with van der Waals surface area (Å²) >= 11 is 0. The third-order valence-electron chi connectivity index (χ3n) is 3.81. The number of para-hydroxylation sites is 1. The van der Waals surface area contributed by atoms with Crippen molar-refractivity contribution in [3.05, 3.63) is 48.2 Å². The van der Waals surface area contributed by atoms with Gasteiger partial charge in [-0.1, -0.05) is 18.2 Å². The van der Waals surface area contributed by atoms with Crippen LogP contribution in [0, 0.1) is 0 Å². The SMILES string of the molecule is CCOc1ncccc1S(=O)(=O)N1CC(C(=O)O)c2ccccc21. The highest BCUT2D eigenvalue weighted by Crippen LogP contribution is 2.40. The number of pyridine rings is 1. The molecule has 0 spiro atoms. The van der Waals surface area contributed by atoms with Crippen LogP contribution in [0.5, 0.6) is 5.88 Å². The summed E-state index contributed by atoms with van der Waals surface area (Å²) in [5.41, 5.74) is 0.853. The van der Waals surface area contributed by atoms with Crippen LogP contribution in [0.15, 0.2) is 47.5 Å². The normalized spacial score (nSPS) is 16.7. The van der Waals surface area contributed by atoms with Gasteiger partial charge in [0.15, 0.2) is 0 Å². The van der Waals surface area contributed by atoms with Crippen molar-refractivity contribution in [2.75, 3.05) is 17.5 Å². The lowest BCUT2D eigenvalue weighted by atomic mass is 10.0. The van der Waals surface area contributed by atoms with Crippen LogP contribution in [-0.2, 0) is 14.8 Å². The van der Waals surface area contributed by atoms with Gasteiger partial charge in [0.1, 0.15) is 10.8 Å². The molecule has 0 fully saturated rings. The molecule has 1 N–H and O–H groups in total. The van der Waals surface area contributed by atoms with E-state index in [0.717, 1.165) is 4.31 Å². The lowest BCUT2D eigenvalue weighted by Gasteiger charge is -2.20. The van der Waals surface area contributed by atoms with E-state index in [-0.39, 0.29) is 23.9 Å². The zero-order valence-electron chi connectivity index (χ0n) is 12.9. The fourth-order valence-corrected chi connectivity index (χ4v) is 4.34. The smallest absolute Gasteiger partial charge is 0.312 e. The molecule has 1 unspecified atom stereocenters. The molecule has 0 radical (unpaired) electrons. The first-order chi connectivity index (χ1) is 11.5. The van der Waals surface area contributed by atoms with E-state index in [2.05, 4.69) is 4.98 Å². The van der Waals surface area contributed by atoms with E-state index in [0.29, 0.717) is 11.3 Å². The number of carboxylic acids is 1. The van der Waals surface area contributed by atoms with Crippen LogP contribution in [0.4, 0.5) is 5.69 Å². The molecule has 1 aliphatic heterocycles. The maximum atomic E-state index is 13.1. The van der Waals surface area contributed by atoms with Gasteiger partial charge in [-0.3, -0.25) is 9.10 Å². The predicted octanol–water partition coefficient (Wildman–Crippen LogP) is 1.86. The first-order valence-corrected chi connectivity index (χ1v) is 8.83. The highest BCUT2D eigenvalue weighted by atomic mass is 32.2. The number of sulfonamides is 1. The molecule has 1 aromatic heterocycles. The summed E-state index contributed by atoms with van der Waals surface area (Å²) in [7, 11) is -3.99. The molecule has 0 saturated heterocycles. The molecular formula is C16H16N2O5S. The average Bonchev–Trinajstić information content (AvgIpc) is 2.96. The van der Waals surface area contributed by atoms with Crippen LogP contribution in [-0.4, -0.2) is 37.6 Å². The quantitative estimate of drug-likeness (QED) is 0.886. The van der Waals surface area contributed by atoms with E-state index < -0.39 is 21.9 Å². The molecule has 8 heteroatoms. The van der Waals surface area contributed by atoms with Gasteiger partial charge in [0, 0.05) is 6.20 Å². The largest absolute Gasteiger partial charge is 0.481 e. The Morgan fingerprint density at radius 2 is 2.08 bits per heavy atom. The van der Waals surface area contributed by atoms with Gasteiger partial charge in [-0.05, 0) is 30.7 Å². The number of benzene rings is 1. The first-order valence-electron chi connectivity index (χ1n) is 7.39. The second kappa shape index (κ2) is 6.12. The van der Waals surface area contributed by atoms with E-state index in [4.69, 9.17) is 4.74 Å². The van der Waals surface area contributed by atoms with Crippen LogP contribution in [0.1, 0.15) is 18.4 Å². The fraction of sp³-hybridized carbons (Fsp3) is 0.250. The second-order valence-corrected chi connectivity index (χ2v) is 7.06. The number of fused-ring (bicyclic) bond motifs is 1. The summed E-state index contributed by atoms with van der Waals surface area (Å²) < 4.78 is 32.6. The maximum Gasteiger partial charge on any atom is 0.312 e. The summed E-state index contributed by atoms with van der Waals surface area (Å²) in [5, 5.41) is 9.39. The summed E-state index contributed by atoms with van der Waals surface area (Å²) in [6, 6.07) is 9.53. The highest BCUT2D eigenvalue weighted by molar-refractivity contribution is 7.93. The van der Waals surface area contributed by atoms with Gasteiger partial charge in [0.05, 0.1) is 18.8 Å². The number of aliphatic carboxylic acids is 1. The van der Waals surface area contributed by atoms with Crippen molar-refractivity contribution in [3.63, 3.8) is 0 Å². The third-order valence-corrected chi connectivity index (χ3v) is 5.61. The number of hydrogen-bond acceptors (Lipinski definition) is 5. The molecule has 126 valence electrons. The third kappa shape index (κ3) is 2.58. The van der Waals surface area contributed by atoms with Crippen LogP contribution in [0.3, 0.4) is 0 Å². The Morgan fingerprint density at radius 1 is 1.33 bits per heavy atom. The van der Waals surface area contributed by atoms with Gasteiger partial charge in [-0.2, -0.15) is 0 Å². The zero-order valence-corrected chi connectivity index (χ0v) is 13.7. The molecule has 0 bridgehead atoms. The Hall–Kier alpha value is -2.61. The molecule has 2 heterocycles. The minimum atomic E-state index is -3.99. The molecule has 0 aliphatic carbocycles. The van der Waals surface area contributed by atoms with Crippen molar-refractivity contribution in [3.8, 4) is 5.88 Å². The Morgan fingerprint density at radius 3 is 2.79 bits per heavy atom. The predicted molar refractivity (Wildman–Crippen MR) is 86.8 cm³/mol. The first kappa shape index (κ1) is 16.3. The minimum Gasteiger partial charge on any atom is -0.481 e. The molecule has 3 rings (SSSR count). The molecule has 2 aromatic rings. The number of rotatable bonds is 5. The number of ether oxygens (including phenoxy) is 1. The van der Waals surface area contributed by atoms with Gasteiger partial charge >= 0.3 is 5.97 Å². The monoisotopic (exact) mass is 348 g/mol. The van der Waals surface area contributed by atoms with Crippen molar-refractivity contribution in [1.29, 1.82) is 0 Å². The second-order valence-electron chi connectivity index (χ2n) is 5.23. The van der Waals surface area contributed by atoms with E-state index in [1.165, 1.54) is 18.3 Å². The maximum absolute atomic E-state index is 13.1. The number of carboxylic acid groups (broad SMARTS) is 1. The minimum absolute atomic E-state index is 0.0104. The zero-order chi connectivity index (χ0) is 17.3. The van der Waals surface area contributed by atoms with Gasteiger partial charge < -0.3 is 9.84 Å². The Labute approximate surface area is 139 Å². The number of nitrogens with zero attached hydrogens (tertiary/aromatic N) is 2. The number of hydrogen-bond donors (Lipinski definition) is 1. The Kier molecular flexibility index (Phi) is 4.15. The van der Waals surface area contributed by atoms with Crippen LogP contribution >= 0.6 is 0 Å². The molecule has 0 amide bonds. The van der Waals surface area contributed by atoms with Crippen molar-refractivity contribution >= 4 is 21.7 Å². The average molecular weight is 348 g/mol. The number of carbonyl (C=O) groups is 1. The number of anilines is 1. The molecule has 1 atom stereocenters. The fourth-order valence-electron chi connectivity index (χ4n) is 2.75. The van der Waals surface area contributed by atoms with Crippen molar-refractivity contribution < 1.29 is 23.1 Å². The van der Waals surface area contributed by atoms with Crippen LogP contribution in [0.2, 0.25) is 0 Å². The lowest BCUT2D eigenvalue weighted by Crippen LogP contribution is -2.31. The topological polar surface area (TPSA) is 96.8 Å². The molecule has 0 saturated carbocycles. The van der Waals surface area contributed by atoms with E-state index in [9.17, 15) is 18.3 Å². The molecular weight excluding hydrogens is 332 g/mol. The Balaban J connectivity index is 2.11. The molecule has 24 heavy (non-hydrogen) atoms. The van der Waals surface area contributed by atoms with E-state index >= 15 is 0 Å². The van der Waals surface area contributed by atoms with Crippen molar-refractivity contribution in [1.82, 2.24) is 4.98 Å². The number of aromatic nitrogens is 1. The van der Waals surface area contributed by atoms with Gasteiger partial charge in [-0.15, -0.1) is 0 Å². The van der Waals surface area contributed by atoms with Crippen molar-refractivity contribution in [2.24, 2.45) is 0 Å². The molecule has 7 nitrogen and oxygen atoms in total. The highest BCUT2D eigenvalue weighted by Gasteiger charge is 2.40. The van der Waals surface area contributed by atoms with Crippen LogP contribution in [0.25, 0.3) is 0 Å². The summed E-state index contributed by atoms with van der Waals surface area (Å²) in [4.78, 5) is 15.4. The van der Waals surface area contributed by atoms with E-state index in [1.54, 1.807) is 31.2 Å². The van der Waals surface area contributed by atoms with Gasteiger partial charge in [0.2, 0.25) is 5.88 Å². The molecule has 1 aliphatic rings. The van der Waals surface area contributed by atoms with Crippen LogP contribution < -0.4 is 9.04 Å². The summed E-state index contributed by atoms with van der Waals surface area (Å²) in [6.45, 7) is 1.85. The van der Waals surface area contributed by atoms with Gasteiger partial charge in [-0.25, -0.2) is 13.4 Å². The standard InChI is InChI=1S/C16H16N2O5S/c1-2-23-15-14(8-5-9-17-15)24(21,22)18-10-12(16(19)20)11-6-3-4-7-13(11)18/h3-9,12H,2,10H2,1H3,(H,19,20). The summed E-state index contributed by atoms with van der Waals surface area (Å²) in [6.07, 6.45) is 1.45. The summed E-state index contributed by atoms with van der Waals surface area (Å²) in [5.74, 6) is -1.95. The lowest BCUT2D eigenvalue weighted by molar-refractivity contribution is -0.138. The van der Waals surface area contributed by atoms with Crippen molar-refractivity contribution in [2.45, 2.75) is 17.7 Å². The van der Waals surface area contributed by atoms with Gasteiger partial charge in [0.25, 0.3) is 10.0 Å². The Bertz CT molecular complexity index is 882.